The van der Waals surface area contributed by atoms with Crippen LogP contribution in [0, 0.1) is 0 Å². The first-order valence-corrected chi connectivity index (χ1v) is 8.89. The van der Waals surface area contributed by atoms with Crippen LogP contribution in [0.25, 0.3) is 0 Å². The predicted molar refractivity (Wildman–Crippen MR) is 98.3 cm³/mol. The lowest BCUT2D eigenvalue weighted by Gasteiger charge is -2.07. The number of aliphatic hydroxyl groups excluding tert-OH is 1. The Kier molecular flexibility index (Phi) is 25.6. The van der Waals surface area contributed by atoms with E-state index < -0.39 is 0 Å². The van der Waals surface area contributed by atoms with Crippen LogP contribution in [0.15, 0.2) is 30.3 Å². The average Bonchev–Trinajstić information content (AvgIpc) is 2.67. The molecule has 1 aromatic carbocycles. The lowest BCUT2D eigenvalue weighted by molar-refractivity contribution is -0.00743. The monoisotopic (exact) mass is 344 g/mol. The average molecular weight is 344 g/mol. The molecule has 0 amide bonds. The summed E-state index contributed by atoms with van der Waals surface area (Å²) in [6, 6.07) is 10.1. The molecule has 5 heteroatoms. The first kappa shape index (κ1) is 25.3. The van der Waals surface area contributed by atoms with Crippen molar-refractivity contribution in [2.24, 2.45) is 0 Å². The van der Waals surface area contributed by atoms with Crippen LogP contribution >= 0.6 is 0 Å². The molecule has 1 rings (SSSR count). The highest BCUT2D eigenvalue weighted by Gasteiger charge is 1.93. The normalized spacial score (nSPS) is 9.54. The van der Waals surface area contributed by atoms with Crippen LogP contribution in [0.5, 0.6) is 0 Å². The molecule has 0 aromatic heterocycles. The van der Waals surface area contributed by atoms with Gasteiger partial charge in [-0.2, -0.15) is 0 Å². The SMILES string of the molecule is CC.CC.OCCOCCOCCOCCOCc1ccccc1. The highest BCUT2D eigenvalue weighted by molar-refractivity contribution is 5.13. The number of ether oxygens (including phenoxy) is 4. The van der Waals surface area contributed by atoms with Gasteiger partial charge >= 0.3 is 0 Å². The van der Waals surface area contributed by atoms with Crippen molar-refractivity contribution < 1.29 is 24.1 Å². The summed E-state index contributed by atoms with van der Waals surface area (Å²) in [7, 11) is 0. The van der Waals surface area contributed by atoms with Crippen molar-refractivity contribution in [1.82, 2.24) is 0 Å². The van der Waals surface area contributed by atoms with Crippen molar-refractivity contribution in [3.63, 3.8) is 0 Å². The summed E-state index contributed by atoms with van der Waals surface area (Å²) < 4.78 is 21.2. The summed E-state index contributed by atoms with van der Waals surface area (Å²) in [5.74, 6) is 0. The van der Waals surface area contributed by atoms with Crippen molar-refractivity contribution in [2.75, 3.05) is 52.9 Å². The zero-order chi connectivity index (χ0) is 18.3. The maximum Gasteiger partial charge on any atom is 0.0718 e. The highest BCUT2D eigenvalue weighted by atomic mass is 16.6. The summed E-state index contributed by atoms with van der Waals surface area (Å²) in [6.45, 7) is 12.3. The van der Waals surface area contributed by atoms with Crippen LogP contribution in [0.4, 0.5) is 0 Å². The van der Waals surface area contributed by atoms with Gasteiger partial charge in [-0.3, -0.25) is 0 Å². The number of rotatable bonds is 13. The maximum absolute atomic E-state index is 8.48. The van der Waals surface area contributed by atoms with Crippen LogP contribution in [-0.2, 0) is 25.6 Å². The molecule has 0 aliphatic heterocycles. The van der Waals surface area contributed by atoms with Gasteiger partial charge < -0.3 is 24.1 Å². The van der Waals surface area contributed by atoms with E-state index in [0.29, 0.717) is 52.9 Å². The molecule has 24 heavy (non-hydrogen) atoms. The second-order valence-electron chi connectivity index (χ2n) is 4.10. The molecule has 0 unspecified atom stereocenters. The van der Waals surface area contributed by atoms with Crippen molar-refractivity contribution in [3.05, 3.63) is 35.9 Å². The Morgan fingerprint density at radius 3 is 1.50 bits per heavy atom. The number of hydrogen-bond acceptors (Lipinski definition) is 5. The standard InChI is InChI=1S/C15H24O5.2C2H6/c16-6-7-17-8-9-18-10-11-19-12-13-20-14-15-4-2-1-3-5-15;2*1-2/h1-5,16H,6-14H2;2*1-2H3. The molecule has 0 atom stereocenters. The molecule has 0 saturated heterocycles. The Hall–Kier alpha value is -0.980. The summed E-state index contributed by atoms with van der Waals surface area (Å²) in [6.07, 6.45) is 0. The minimum absolute atomic E-state index is 0.0477. The van der Waals surface area contributed by atoms with E-state index in [4.69, 9.17) is 24.1 Å². The Morgan fingerprint density at radius 2 is 1.04 bits per heavy atom. The molecule has 0 heterocycles. The van der Waals surface area contributed by atoms with Gasteiger partial charge in [0.25, 0.3) is 0 Å². The topological polar surface area (TPSA) is 57.2 Å². The molecule has 0 fully saturated rings. The molecule has 1 N–H and O–H groups in total. The zero-order valence-corrected chi connectivity index (χ0v) is 15.8. The fourth-order valence-corrected chi connectivity index (χ4v) is 1.49. The van der Waals surface area contributed by atoms with Gasteiger partial charge in [-0.25, -0.2) is 0 Å². The molecule has 0 radical (unpaired) electrons. The molecular formula is C19H36O5. The number of aliphatic hydroxyl groups is 1. The van der Waals surface area contributed by atoms with Crippen LogP contribution in [0.2, 0.25) is 0 Å². The smallest absolute Gasteiger partial charge is 0.0718 e. The molecule has 0 saturated carbocycles. The summed E-state index contributed by atoms with van der Waals surface area (Å²) in [5, 5.41) is 8.48. The van der Waals surface area contributed by atoms with Gasteiger partial charge in [-0.15, -0.1) is 0 Å². The van der Waals surface area contributed by atoms with Crippen LogP contribution in [0.3, 0.4) is 0 Å². The van der Waals surface area contributed by atoms with Crippen molar-refractivity contribution in [3.8, 4) is 0 Å². The Balaban J connectivity index is 0. The third kappa shape index (κ3) is 19.1. The van der Waals surface area contributed by atoms with Crippen molar-refractivity contribution in [1.29, 1.82) is 0 Å². The quantitative estimate of drug-likeness (QED) is 0.557. The molecule has 5 nitrogen and oxygen atoms in total. The van der Waals surface area contributed by atoms with E-state index in [2.05, 4.69) is 0 Å². The van der Waals surface area contributed by atoms with Crippen molar-refractivity contribution >= 4 is 0 Å². The number of benzene rings is 1. The van der Waals surface area contributed by atoms with Gasteiger partial charge in [-0.1, -0.05) is 58.0 Å². The first-order chi connectivity index (χ1) is 11.9. The Labute approximate surface area is 147 Å². The van der Waals surface area contributed by atoms with E-state index in [1.54, 1.807) is 0 Å². The minimum Gasteiger partial charge on any atom is -0.394 e. The Morgan fingerprint density at radius 1 is 0.625 bits per heavy atom. The fourth-order valence-electron chi connectivity index (χ4n) is 1.49. The lowest BCUT2D eigenvalue weighted by Crippen LogP contribution is -2.12. The number of hydrogen-bond donors (Lipinski definition) is 1. The van der Waals surface area contributed by atoms with E-state index in [1.165, 1.54) is 5.56 Å². The van der Waals surface area contributed by atoms with Gasteiger partial charge in [0.2, 0.25) is 0 Å². The van der Waals surface area contributed by atoms with Gasteiger partial charge in [0.05, 0.1) is 59.5 Å². The van der Waals surface area contributed by atoms with E-state index >= 15 is 0 Å². The molecule has 142 valence electrons. The van der Waals surface area contributed by atoms with Gasteiger partial charge in [0, 0.05) is 0 Å². The van der Waals surface area contributed by atoms with E-state index in [9.17, 15) is 0 Å². The molecule has 1 aromatic rings. The second-order valence-corrected chi connectivity index (χ2v) is 4.10. The van der Waals surface area contributed by atoms with E-state index in [1.807, 2.05) is 58.0 Å². The second kappa shape index (κ2) is 24.3. The zero-order valence-electron chi connectivity index (χ0n) is 15.8. The predicted octanol–water partition coefficient (Wildman–Crippen LogP) is 3.30. The third-order valence-electron chi connectivity index (χ3n) is 2.46. The van der Waals surface area contributed by atoms with Gasteiger partial charge in [0.1, 0.15) is 0 Å². The Bertz CT molecular complexity index is 306. The molecular weight excluding hydrogens is 308 g/mol. The first-order valence-electron chi connectivity index (χ1n) is 8.89. The molecule has 0 aliphatic rings. The minimum atomic E-state index is 0.0477. The van der Waals surface area contributed by atoms with Crippen LogP contribution < -0.4 is 0 Å². The fraction of sp³-hybridized carbons (Fsp3) is 0.684. The maximum atomic E-state index is 8.48. The van der Waals surface area contributed by atoms with Gasteiger partial charge in [0.15, 0.2) is 0 Å². The van der Waals surface area contributed by atoms with E-state index in [0.717, 1.165) is 0 Å². The largest absolute Gasteiger partial charge is 0.394 e. The molecule has 0 aliphatic carbocycles. The summed E-state index contributed by atoms with van der Waals surface area (Å²) >= 11 is 0. The van der Waals surface area contributed by atoms with Crippen LogP contribution in [0.1, 0.15) is 33.3 Å². The van der Waals surface area contributed by atoms with Crippen molar-refractivity contribution in [2.45, 2.75) is 34.3 Å². The summed E-state index contributed by atoms with van der Waals surface area (Å²) in [4.78, 5) is 0. The molecule has 0 bridgehead atoms. The lowest BCUT2D eigenvalue weighted by atomic mass is 10.2. The third-order valence-corrected chi connectivity index (χ3v) is 2.46. The highest BCUT2D eigenvalue weighted by Crippen LogP contribution is 1.99. The molecule has 0 spiro atoms. The van der Waals surface area contributed by atoms with E-state index in [-0.39, 0.29) is 6.61 Å². The van der Waals surface area contributed by atoms with Crippen LogP contribution in [-0.4, -0.2) is 58.0 Å². The summed E-state index contributed by atoms with van der Waals surface area (Å²) in [5.41, 5.74) is 1.17. The van der Waals surface area contributed by atoms with Gasteiger partial charge in [-0.05, 0) is 5.56 Å².